The summed E-state index contributed by atoms with van der Waals surface area (Å²) in [6, 6.07) is 6.80. The van der Waals surface area contributed by atoms with E-state index in [0.29, 0.717) is 24.3 Å². The minimum Gasteiger partial charge on any atom is -0.496 e. The predicted octanol–water partition coefficient (Wildman–Crippen LogP) is 1.47. The summed E-state index contributed by atoms with van der Waals surface area (Å²) < 4.78 is 5.17. The molecule has 1 rings (SSSR count). The van der Waals surface area contributed by atoms with Crippen molar-refractivity contribution in [3.63, 3.8) is 0 Å². The molecule has 0 fully saturated rings. The number of hydrogen-bond acceptors (Lipinski definition) is 3. The number of carboxylic acid groups (broad SMARTS) is 1. The highest BCUT2D eigenvalue weighted by Gasteiger charge is 2.42. The molecule has 0 aliphatic heterocycles. The van der Waals surface area contributed by atoms with Gasteiger partial charge in [-0.25, -0.2) is 4.79 Å². The zero-order valence-electron chi connectivity index (χ0n) is 10.7. The Morgan fingerprint density at radius 2 is 2.11 bits per heavy atom. The summed E-state index contributed by atoms with van der Waals surface area (Å²) in [6.45, 7) is 3.51. The maximum absolute atomic E-state index is 11.6. The molecule has 0 aliphatic carbocycles. The van der Waals surface area contributed by atoms with Crippen molar-refractivity contribution in [2.45, 2.75) is 19.4 Å². The van der Waals surface area contributed by atoms with Crippen molar-refractivity contribution in [2.24, 2.45) is 0 Å². The van der Waals surface area contributed by atoms with Gasteiger partial charge in [-0.3, -0.25) is 4.79 Å². The van der Waals surface area contributed by atoms with E-state index in [1.165, 1.54) is 18.9 Å². The summed E-state index contributed by atoms with van der Waals surface area (Å²) >= 11 is 0. The van der Waals surface area contributed by atoms with Crippen LogP contribution in [0.1, 0.15) is 19.4 Å². The summed E-state index contributed by atoms with van der Waals surface area (Å²) in [5.74, 6) is -0.649. The maximum atomic E-state index is 11.6. The minimum absolute atomic E-state index is 0.296. The van der Waals surface area contributed by atoms with Gasteiger partial charge >= 0.3 is 5.97 Å². The maximum Gasteiger partial charge on any atom is 0.334 e. The summed E-state index contributed by atoms with van der Waals surface area (Å²) in [6.07, 6.45) is 0.542. The number of aliphatic carboxylic acids is 1. The fourth-order valence-electron chi connectivity index (χ4n) is 1.94. The number of rotatable bonds is 6. The smallest absolute Gasteiger partial charge is 0.334 e. The Labute approximate surface area is 106 Å². The normalized spacial score (nSPS) is 13.5. The lowest BCUT2D eigenvalue weighted by atomic mass is 9.89. The van der Waals surface area contributed by atoms with Crippen LogP contribution in [0.3, 0.4) is 0 Å². The first kappa shape index (κ1) is 14.0. The molecule has 5 nitrogen and oxygen atoms in total. The van der Waals surface area contributed by atoms with Crippen molar-refractivity contribution < 1.29 is 19.4 Å². The molecule has 1 atom stereocenters. The van der Waals surface area contributed by atoms with Crippen molar-refractivity contribution in [3.8, 4) is 5.75 Å². The highest BCUT2D eigenvalue weighted by Crippen LogP contribution is 2.34. The number of benzene rings is 1. The Morgan fingerprint density at radius 3 is 2.56 bits per heavy atom. The average Bonchev–Trinajstić information content (AvgIpc) is 2.39. The number of methoxy groups -OCH3 is 1. The third kappa shape index (κ3) is 2.16. The minimum atomic E-state index is -1.44. The van der Waals surface area contributed by atoms with Gasteiger partial charge in [0.25, 0.3) is 0 Å². The van der Waals surface area contributed by atoms with Gasteiger partial charge in [0.05, 0.1) is 7.11 Å². The Balaban J connectivity index is 3.44. The Kier molecular flexibility index (Phi) is 4.31. The van der Waals surface area contributed by atoms with Gasteiger partial charge in [0.15, 0.2) is 5.54 Å². The van der Waals surface area contributed by atoms with E-state index in [0.717, 1.165) is 0 Å². The van der Waals surface area contributed by atoms with Crippen LogP contribution in [0.2, 0.25) is 0 Å². The van der Waals surface area contributed by atoms with E-state index in [-0.39, 0.29) is 0 Å². The van der Waals surface area contributed by atoms with Crippen molar-refractivity contribution in [2.75, 3.05) is 13.7 Å². The first-order valence-corrected chi connectivity index (χ1v) is 5.61. The lowest BCUT2D eigenvalue weighted by Gasteiger charge is -2.35. The van der Waals surface area contributed by atoms with Crippen LogP contribution in [0.15, 0.2) is 24.3 Å². The third-order valence-corrected chi connectivity index (χ3v) is 3.09. The molecular weight excluding hydrogens is 234 g/mol. The van der Waals surface area contributed by atoms with Gasteiger partial charge < -0.3 is 14.7 Å². The number of amides is 1. The summed E-state index contributed by atoms with van der Waals surface area (Å²) in [7, 11) is 1.47. The van der Waals surface area contributed by atoms with E-state index in [1.807, 2.05) is 0 Å². The van der Waals surface area contributed by atoms with Gasteiger partial charge in [0, 0.05) is 12.1 Å². The average molecular weight is 251 g/mol. The van der Waals surface area contributed by atoms with Crippen molar-refractivity contribution in [3.05, 3.63) is 29.8 Å². The number of likely N-dealkylation sites (N-methyl/N-ethyl adjacent to an activating group) is 1. The van der Waals surface area contributed by atoms with E-state index in [9.17, 15) is 14.7 Å². The molecule has 1 unspecified atom stereocenters. The molecule has 1 amide bonds. The summed E-state index contributed by atoms with van der Waals surface area (Å²) in [5, 5.41) is 9.48. The molecule has 1 aromatic rings. The standard InChI is InChI=1S/C13H17NO4/c1-4-14(9-15)13(2,12(16)17)10-7-5-6-8-11(10)18-3/h5-9H,4H2,1-3H3,(H,16,17). The molecule has 0 heterocycles. The van der Waals surface area contributed by atoms with Crippen LogP contribution in [-0.2, 0) is 15.1 Å². The third-order valence-electron chi connectivity index (χ3n) is 3.09. The Morgan fingerprint density at radius 1 is 1.50 bits per heavy atom. The topological polar surface area (TPSA) is 66.8 Å². The quantitative estimate of drug-likeness (QED) is 0.777. The molecule has 0 radical (unpaired) electrons. The fourth-order valence-corrected chi connectivity index (χ4v) is 1.94. The van der Waals surface area contributed by atoms with E-state index in [2.05, 4.69) is 0 Å². The van der Waals surface area contributed by atoms with Gasteiger partial charge in [-0.2, -0.15) is 0 Å². The lowest BCUT2D eigenvalue weighted by Crippen LogP contribution is -2.49. The molecular formula is C13H17NO4. The molecule has 1 N–H and O–H groups in total. The molecule has 0 spiro atoms. The fraction of sp³-hybridized carbons (Fsp3) is 0.385. The molecule has 98 valence electrons. The van der Waals surface area contributed by atoms with Crippen LogP contribution in [0, 0.1) is 0 Å². The van der Waals surface area contributed by atoms with Crippen LogP contribution in [-0.4, -0.2) is 36.0 Å². The Bertz CT molecular complexity index is 446. The molecule has 5 heteroatoms. The number of nitrogens with zero attached hydrogens (tertiary/aromatic N) is 1. The van der Waals surface area contributed by atoms with E-state index >= 15 is 0 Å². The number of hydrogen-bond donors (Lipinski definition) is 1. The highest BCUT2D eigenvalue weighted by molar-refractivity contribution is 5.83. The van der Waals surface area contributed by atoms with Crippen LogP contribution in [0.4, 0.5) is 0 Å². The molecule has 18 heavy (non-hydrogen) atoms. The molecule has 0 bridgehead atoms. The highest BCUT2D eigenvalue weighted by atomic mass is 16.5. The number of carbonyl (C=O) groups is 2. The van der Waals surface area contributed by atoms with Gasteiger partial charge in [-0.05, 0) is 19.9 Å². The summed E-state index contributed by atoms with van der Waals surface area (Å²) in [5.41, 5.74) is -0.989. The van der Waals surface area contributed by atoms with E-state index in [4.69, 9.17) is 4.74 Å². The van der Waals surface area contributed by atoms with Crippen LogP contribution < -0.4 is 4.74 Å². The van der Waals surface area contributed by atoms with Gasteiger partial charge in [0.2, 0.25) is 6.41 Å². The Hall–Kier alpha value is -2.04. The zero-order valence-corrected chi connectivity index (χ0v) is 10.7. The SMILES string of the molecule is CCN(C=O)C(C)(C(=O)O)c1ccccc1OC. The largest absolute Gasteiger partial charge is 0.496 e. The number of para-hydroxylation sites is 1. The lowest BCUT2D eigenvalue weighted by molar-refractivity contribution is -0.154. The first-order valence-electron chi connectivity index (χ1n) is 5.61. The van der Waals surface area contributed by atoms with Crippen LogP contribution in [0.5, 0.6) is 5.75 Å². The zero-order chi connectivity index (χ0) is 13.8. The van der Waals surface area contributed by atoms with E-state index < -0.39 is 11.5 Å². The van der Waals surface area contributed by atoms with Crippen molar-refractivity contribution in [1.29, 1.82) is 0 Å². The van der Waals surface area contributed by atoms with Crippen LogP contribution in [0.25, 0.3) is 0 Å². The monoisotopic (exact) mass is 251 g/mol. The molecule has 0 saturated carbocycles. The van der Waals surface area contributed by atoms with E-state index in [1.54, 1.807) is 31.2 Å². The molecule has 0 saturated heterocycles. The van der Waals surface area contributed by atoms with Gasteiger partial charge in [-0.15, -0.1) is 0 Å². The van der Waals surface area contributed by atoms with Gasteiger partial charge in [0.1, 0.15) is 5.75 Å². The number of ether oxygens (including phenoxy) is 1. The molecule has 0 aliphatic rings. The molecule has 0 aromatic heterocycles. The predicted molar refractivity (Wildman–Crippen MR) is 66.4 cm³/mol. The first-order chi connectivity index (χ1) is 8.52. The van der Waals surface area contributed by atoms with Crippen LogP contribution >= 0.6 is 0 Å². The number of carboxylic acids is 1. The van der Waals surface area contributed by atoms with Gasteiger partial charge in [-0.1, -0.05) is 18.2 Å². The van der Waals surface area contributed by atoms with Crippen molar-refractivity contribution in [1.82, 2.24) is 4.90 Å². The second-order valence-corrected chi connectivity index (χ2v) is 3.97. The number of carbonyl (C=O) groups excluding carboxylic acids is 1. The second-order valence-electron chi connectivity index (χ2n) is 3.97. The summed E-state index contributed by atoms with van der Waals surface area (Å²) in [4.78, 5) is 23.9. The van der Waals surface area contributed by atoms with Crippen molar-refractivity contribution >= 4 is 12.4 Å². The second kappa shape index (κ2) is 5.53. The molecule has 1 aromatic carbocycles.